The molecular formula is C9H11N3OS. The first-order valence-corrected chi connectivity index (χ1v) is 5.78. The highest BCUT2D eigenvalue weighted by molar-refractivity contribution is 7.99. The zero-order valence-electron chi connectivity index (χ0n) is 7.78. The van der Waals surface area contributed by atoms with Crippen LogP contribution in [0.25, 0.3) is 0 Å². The lowest BCUT2D eigenvalue weighted by Crippen LogP contribution is -2.18. The normalized spacial score (nSPS) is 24.8. The molecule has 0 saturated carbocycles. The molecule has 0 aromatic heterocycles. The van der Waals surface area contributed by atoms with E-state index in [2.05, 4.69) is 15.6 Å². The van der Waals surface area contributed by atoms with Crippen molar-refractivity contribution in [2.75, 3.05) is 11.1 Å². The van der Waals surface area contributed by atoms with E-state index < -0.39 is 9.71 Å². The van der Waals surface area contributed by atoms with E-state index in [0.29, 0.717) is 16.4 Å². The van der Waals surface area contributed by atoms with E-state index in [1.165, 1.54) is 0 Å². The second kappa shape index (κ2) is 2.75. The monoisotopic (exact) mass is 209 g/mol. The Bertz CT molecular complexity index is 517. The lowest BCUT2D eigenvalue weighted by molar-refractivity contribution is 0.682. The summed E-state index contributed by atoms with van der Waals surface area (Å²) in [7, 11) is -2.57. The van der Waals surface area contributed by atoms with Gasteiger partial charge >= 0.3 is 0 Å². The van der Waals surface area contributed by atoms with Crippen LogP contribution in [0.5, 0.6) is 0 Å². The molecule has 4 nitrogen and oxygen atoms in total. The van der Waals surface area contributed by atoms with Crippen molar-refractivity contribution in [2.45, 2.75) is 11.8 Å². The molecule has 0 aliphatic carbocycles. The van der Waals surface area contributed by atoms with Crippen LogP contribution in [0.4, 0.5) is 11.4 Å². The average molecular weight is 209 g/mol. The smallest absolute Gasteiger partial charge is 0.114 e. The van der Waals surface area contributed by atoms with E-state index in [-0.39, 0.29) is 0 Å². The van der Waals surface area contributed by atoms with Crippen molar-refractivity contribution >= 4 is 32.8 Å². The molecule has 1 unspecified atom stereocenters. The first-order chi connectivity index (χ1) is 6.49. The van der Waals surface area contributed by atoms with Crippen LogP contribution < -0.4 is 11.1 Å². The average Bonchev–Trinajstić information content (AvgIpc) is 2.05. The zero-order valence-corrected chi connectivity index (χ0v) is 8.60. The van der Waals surface area contributed by atoms with Gasteiger partial charge in [-0.3, -0.25) is 0 Å². The first kappa shape index (κ1) is 9.08. The number of nitrogens with zero attached hydrogens (tertiary/aromatic N) is 1. The lowest BCUT2D eigenvalue weighted by atomic mass is 10.3. The van der Waals surface area contributed by atoms with Crippen LogP contribution in [0, 0.1) is 0 Å². The molecule has 1 aromatic carbocycles. The standard InChI is InChI=1S/C9H11N3OS/c1-6-11-8-4-3-7(10)5-9(8)14(2,13)12-6/h3-5H,2,10H2,1H3,(H,11,12,13). The fourth-order valence-corrected chi connectivity index (χ4v) is 2.76. The summed E-state index contributed by atoms with van der Waals surface area (Å²) in [6.45, 7) is 1.75. The van der Waals surface area contributed by atoms with Crippen molar-refractivity contribution in [1.82, 2.24) is 0 Å². The molecule has 0 spiro atoms. The van der Waals surface area contributed by atoms with Gasteiger partial charge in [0, 0.05) is 5.69 Å². The molecule has 1 aliphatic heterocycles. The van der Waals surface area contributed by atoms with Crippen molar-refractivity contribution in [3.8, 4) is 0 Å². The molecule has 0 fully saturated rings. The number of nitrogen functional groups attached to an aromatic ring is 1. The molecular weight excluding hydrogens is 198 g/mol. The van der Waals surface area contributed by atoms with E-state index >= 15 is 0 Å². The van der Waals surface area contributed by atoms with Gasteiger partial charge in [0.15, 0.2) is 0 Å². The quantitative estimate of drug-likeness (QED) is 0.496. The molecule has 74 valence electrons. The Morgan fingerprint density at radius 1 is 1.57 bits per heavy atom. The SMILES string of the molecule is C=S1(=O)N=C(C)Nc2ccc(N)cc21. The van der Waals surface area contributed by atoms with Crippen molar-refractivity contribution in [3.05, 3.63) is 18.2 Å². The molecule has 1 atom stereocenters. The number of hydrogen-bond acceptors (Lipinski definition) is 3. The molecule has 2 rings (SSSR count). The first-order valence-electron chi connectivity index (χ1n) is 4.09. The fraction of sp³-hybridized carbons (Fsp3) is 0.111. The summed E-state index contributed by atoms with van der Waals surface area (Å²) in [5.41, 5.74) is 6.94. The third-order valence-corrected chi connectivity index (χ3v) is 3.54. The van der Waals surface area contributed by atoms with Gasteiger partial charge in [0.1, 0.15) is 5.84 Å². The van der Waals surface area contributed by atoms with Crippen molar-refractivity contribution in [1.29, 1.82) is 0 Å². The van der Waals surface area contributed by atoms with Gasteiger partial charge in [0.25, 0.3) is 0 Å². The van der Waals surface area contributed by atoms with E-state index in [1.807, 2.05) is 0 Å². The Morgan fingerprint density at radius 2 is 2.29 bits per heavy atom. The second-order valence-electron chi connectivity index (χ2n) is 3.20. The van der Waals surface area contributed by atoms with Crippen LogP contribution in [0.2, 0.25) is 0 Å². The predicted octanol–water partition coefficient (Wildman–Crippen LogP) is 1.10. The second-order valence-corrected chi connectivity index (χ2v) is 5.10. The number of anilines is 2. The molecule has 1 aromatic rings. The highest BCUT2D eigenvalue weighted by Gasteiger charge is 2.17. The number of fused-ring (bicyclic) bond motifs is 1. The molecule has 3 N–H and O–H groups in total. The minimum Gasteiger partial charge on any atom is -0.399 e. The maximum Gasteiger partial charge on any atom is 0.114 e. The lowest BCUT2D eigenvalue weighted by Gasteiger charge is -2.19. The molecule has 0 bridgehead atoms. The number of hydrogen-bond donors (Lipinski definition) is 2. The van der Waals surface area contributed by atoms with Crippen molar-refractivity contribution in [2.24, 2.45) is 4.40 Å². The Kier molecular flexibility index (Phi) is 1.78. The summed E-state index contributed by atoms with van der Waals surface area (Å²) in [6.07, 6.45) is 0. The molecule has 14 heavy (non-hydrogen) atoms. The molecule has 0 amide bonds. The summed E-state index contributed by atoms with van der Waals surface area (Å²) < 4.78 is 16.0. The highest BCUT2D eigenvalue weighted by Crippen LogP contribution is 2.28. The van der Waals surface area contributed by atoms with Crippen LogP contribution >= 0.6 is 0 Å². The van der Waals surface area contributed by atoms with Crippen LogP contribution in [0.3, 0.4) is 0 Å². The third kappa shape index (κ3) is 1.35. The minimum absolute atomic E-state index is 0.566. The third-order valence-electron chi connectivity index (χ3n) is 1.95. The van der Waals surface area contributed by atoms with Crippen molar-refractivity contribution < 1.29 is 4.21 Å². The molecule has 1 heterocycles. The Labute approximate surface area is 83.0 Å². The van der Waals surface area contributed by atoms with Gasteiger partial charge in [0.2, 0.25) is 0 Å². The van der Waals surface area contributed by atoms with Gasteiger partial charge in [-0.2, -0.15) is 4.40 Å². The van der Waals surface area contributed by atoms with E-state index in [0.717, 1.165) is 5.69 Å². The summed E-state index contributed by atoms with van der Waals surface area (Å²) in [4.78, 5) is 0.572. The van der Waals surface area contributed by atoms with Gasteiger partial charge in [-0.15, -0.1) is 0 Å². The molecule has 0 saturated heterocycles. The molecule has 0 radical (unpaired) electrons. The maximum absolute atomic E-state index is 12.0. The Hall–Kier alpha value is -1.49. The highest BCUT2D eigenvalue weighted by atomic mass is 32.2. The molecule has 1 aliphatic rings. The summed E-state index contributed by atoms with van der Waals surface area (Å²) in [5, 5.41) is 3.02. The number of nitrogens with two attached hydrogens (primary N) is 1. The van der Waals surface area contributed by atoms with Gasteiger partial charge in [-0.25, -0.2) is 4.21 Å². The number of amidine groups is 1. The van der Waals surface area contributed by atoms with Crippen molar-refractivity contribution in [3.63, 3.8) is 0 Å². The summed E-state index contributed by atoms with van der Waals surface area (Å²) in [5.74, 6) is 4.22. The number of rotatable bonds is 0. The van der Waals surface area contributed by atoms with E-state index in [9.17, 15) is 4.21 Å². The predicted molar refractivity (Wildman–Crippen MR) is 61.1 cm³/mol. The van der Waals surface area contributed by atoms with Crippen LogP contribution in [-0.4, -0.2) is 15.9 Å². The summed E-state index contributed by atoms with van der Waals surface area (Å²) in [6, 6.07) is 5.18. The Morgan fingerprint density at radius 3 is 3.00 bits per heavy atom. The van der Waals surface area contributed by atoms with Gasteiger partial charge in [0.05, 0.1) is 20.3 Å². The van der Waals surface area contributed by atoms with Crippen LogP contribution in [0.15, 0.2) is 27.5 Å². The van der Waals surface area contributed by atoms with E-state index in [4.69, 9.17) is 5.73 Å². The maximum atomic E-state index is 12.0. The number of nitrogens with one attached hydrogen (secondary N) is 1. The topological polar surface area (TPSA) is 67.5 Å². The Balaban J connectivity index is 2.73. The molecule has 5 heteroatoms. The number of benzene rings is 1. The van der Waals surface area contributed by atoms with Crippen LogP contribution in [0.1, 0.15) is 6.92 Å². The van der Waals surface area contributed by atoms with Gasteiger partial charge < -0.3 is 11.1 Å². The fourth-order valence-electron chi connectivity index (χ4n) is 1.39. The largest absolute Gasteiger partial charge is 0.399 e. The van der Waals surface area contributed by atoms with Crippen LogP contribution in [-0.2, 0) is 9.71 Å². The van der Waals surface area contributed by atoms with Gasteiger partial charge in [-0.05, 0) is 31.0 Å². The minimum atomic E-state index is -2.57. The zero-order chi connectivity index (χ0) is 10.3. The van der Waals surface area contributed by atoms with E-state index in [1.54, 1.807) is 25.1 Å². The summed E-state index contributed by atoms with van der Waals surface area (Å²) >= 11 is 0. The van der Waals surface area contributed by atoms with Gasteiger partial charge in [-0.1, -0.05) is 0 Å².